The number of carbonyl (C=O) groups is 1. The molecule has 0 radical (unpaired) electrons. The summed E-state index contributed by atoms with van der Waals surface area (Å²) in [6, 6.07) is 10.8. The summed E-state index contributed by atoms with van der Waals surface area (Å²) in [6.07, 6.45) is 5.13. The maximum Gasteiger partial charge on any atom is 0.311 e. The van der Waals surface area contributed by atoms with Crippen LogP contribution in [-0.4, -0.2) is 35.4 Å². The Hall–Kier alpha value is -3.66. The first kappa shape index (κ1) is 20.6. The van der Waals surface area contributed by atoms with Crippen molar-refractivity contribution < 1.29 is 9.72 Å². The molecule has 0 spiro atoms. The molecule has 158 valence electrons. The van der Waals surface area contributed by atoms with E-state index in [0.29, 0.717) is 18.9 Å². The predicted octanol–water partition coefficient (Wildman–Crippen LogP) is 3.94. The van der Waals surface area contributed by atoms with Gasteiger partial charge in [-0.15, -0.1) is 0 Å². The van der Waals surface area contributed by atoms with E-state index >= 15 is 0 Å². The van der Waals surface area contributed by atoms with E-state index in [2.05, 4.69) is 16.8 Å². The highest BCUT2D eigenvalue weighted by molar-refractivity contribution is 6.03. The first-order chi connectivity index (χ1) is 14.8. The van der Waals surface area contributed by atoms with Gasteiger partial charge in [-0.3, -0.25) is 14.9 Å². The molecule has 4 rings (SSSR count). The lowest BCUT2D eigenvalue weighted by atomic mass is 9.82. The molecule has 0 N–H and O–H groups in total. The minimum absolute atomic E-state index is 0.0432. The molecule has 0 bridgehead atoms. The molecule has 2 aliphatic rings. The Morgan fingerprint density at radius 3 is 2.48 bits per heavy atom. The summed E-state index contributed by atoms with van der Waals surface area (Å²) in [7, 11) is 0. The maximum absolute atomic E-state index is 12.1. The summed E-state index contributed by atoms with van der Waals surface area (Å²) in [5, 5.41) is 11.2. The number of rotatable bonds is 3. The number of benzene rings is 1. The van der Waals surface area contributed by atoms with Gasteiger partial charge in [0.1, 0.15) is 0 Å². The molecule has 1 amide bonds. The van der Waals surface area contributed by atoms with Crippen LogP contribution < -0.4 is 9.80 Å². The molecule has 7 heteroatoms. The van der Waals surface area contributed by atoms with Gasteiger partial charge in [-0.05, 0) is 63.1 Å². The molecule has 2 aliphatic heterocycles. The molecule has 1 aromatic heterocycles. The lowest BCUT2D eigenvalue weighted by molar-refractivity contribution is -0.384. The summed E-state index contributed by atoms with van der Waals surface area (Å²) in [5.41, 5.74) is 2.81. The Morgan fingerprint density at radius 1 is 1.16 bits per heavy atom. The molecule has 0 aliphatic carbocycles. The number of nitrogens with zero attached hydrogens (tertiary/aromatic N) is 4. The molecule has 1 aromatic carbocycles. The number of aromatic nitrogens is 1. The number of anilines is 2. The summed E-state index contributed by atoms with van der Waals surface area (Å²) >= 11 is 0. The molecule has 2 fully saturated rings. The van der Waals surface area contributed by atoms with Gasteiger partial charge in [-0.25, -0.2) is 4.98 Å². The van der Waals surface area contributed by atoms with Gasteiger partial charge >= 0.3 is 5.69 Å². The summed E-state index contributed by atoms with van der Waals surface area (Å²) < 4.78 is 0. The van der Waals surface area contributed by atoms with Crippen molar-refractivity contribution in [1.29, 1.82) is 0 Å². The van der Waals surface area contributed by atoms with E-state index in [9.17, 15) is 14.9 Å². The molecule has 0 atom stereocenters. The highest BCUT2D eigenvalue weighted by atomic mass is 16.6. The number of pyridine rings is 1. The average Bonchev–Trinajstić information content (AvgIpc) is 2.78. The zero-order valence-corrected chi connectivity index (χ0v) is 17.7. The fourth-order valence-corrected chi connectivity index (χ4v) is 3.89. The molecule has 0 unspecified atom stereocenters. The van der Waals surface area contributed by atoms with Crippen molar-refractivity contribution in [2.24, 2.45) is 5.41 Å². The van der Waals surface area contributed by atoms with Crippen LogP contribution in [0.3, 0.4) is 0 Å². The Balaban J connectivity index is 1.35. The monoisotopic (exact) mass is 416 g/mol. The molecule has 0 saturated carbocycles. The third-order valence-corrected chi connectivity index (χ3v) is 5.72. The van der Waals surface area contributed by atoms with Crippen LogP contribution >= 0.6 is 0 Å². The predicted molar refractivity (Wildman–Crippen MR) is 120 cm³/mol. The Labute approximate surface area is 181 Å². The highest BCUT2D eigenvalue weighted by Crippen LogP contribution is 2.35. The minimum Gasteiger partial charge on any atom is -0.350 e. The Morgan fingerprint density at radius 2 is 1.87 bits per heavy atom. The van der Waals surface area contributed by atoms with Crippen molar-refractivity contribution in [1.82, 2.24) is 4.98 Å². The van der Waals surface area contributed by atoms with Gasteiger partial charge in [0.15, 0.2) is 0 Å². The maximum atomic E-state index is 12.1. The summed E-state index contributed by atoms with van der Waals surface area (Å²) in [5.74, 6) is 6.85. The highest BCUT2D eigenvalue weighted by Gasteiger charge is 2.44. The number of allylic oxidation sites excluding steroid dienone is 1. The van der Waals surface area contributed by atoms with Gasteiger partial charge in [0.25, 0.3) is 0 Å². The van der Waals surface area contributed by atoms with E-state index in [4.69, 9.17) is 0 Å². The standard InChI is InChI=1S/C24H24N4O3/c1-24(2)17-27(23(24)29)20-10-8-18(9-11-20)5-3-6-19-12-15-26(16-13-19)22-21(28(30)31)7-4-14-25-22/h4,6-11,14H,12-13,15-17H2,1-2H3. The SMILES string of the molecule is CC1(C)CN(c2ccc(C#CC=C3CCN(c4ncccc4[N+](=O)[O-])CC3)cc2)C1=O. The molecular weight excluding hydrogens is 392 g/mol. The zero-order chi connectivity index (χ0) is 22.0. The third-order valence-electron chi connectivity index (χ3n) is 5.72. The second-order valence-corrected chi connectivity index (χ2v) is 8.48. The number of carbonyl (C=O) groups excluding carboxylic acids is 1. The molecule has 2 saturated heterocycles. The number of piperidine rings is 1. The summed E-state index contributed by atoms with van der Waals surface area (Å²) in [6.45, 7) is 6.02. The minimum atomic E-state index is -0.386. The molecule has 2 aromatic rings. The van der Waals surface area contributed by atoms with E-state index in [0.717, 1.165) is 30.6 Å². The van der Waals surface area contributed by atoms with Crippen LogP contribution in [0.25, 0.3) is 0 Å². The number of amides is 1. The van der Waals surface area contributed by atoms with Crippen molar-refractivity contribution >= 4 is 23.1 Å². The van der Waals surface area contributed by atoms with Gasteiger partial charge in [0.2, 0.25) is 11.7 Å². The van der Waals surface area contributed by atoms with Gasteiger partial charge < -0.3 is 9.80 Å². The van der Waals surface area contributed by atoms with Crippen molar-refractivity contribution in [3.8, 4) is 11.8 Å². The topological polar surface area (TPSA) is 79.6 Å². The van der Waals surface area contributed by atoms with E-state index in [1.54, 1.807) is 17.2 Å². The van der Waals surface area contributed by atoms with Crippen LogP contribution in [0.5, 0.6) is 0 Å². The van der Waals surface area contributed by atoms with Gasteiger partial charge in [0, 0.05) is 43.1 Å². The van der Waals surface area contributed by atoms with Gasteiger partial charge in [-0.1, -0.05) is 17.4 Å². The lowest BCUT2D eigenvalue weighted by Crippen LogP contribution is -2.58. The molecule has 7 nitrogen and oxygen atoms in total. The lowest BCUT2D eigenvalue weighted by Gasteiger charge is -2.44. The number of hydrogen-bond donors (Lipinski definition) is 0. The summed E-state index contributed by atoms with van der Waals surface area (Å²) in [4.78, 5) is 30.9. The Kier molecular flexibility index (Phi) is 5.47. The van der Waals surface area contributed by atoms with Gasteiger partial charge in [-0.2, -0.15) is 0 Å². The van der Waals surface area contributed by atoms with Crippen molar-refractivity contribution in [2.45, 2.75) is 26.7 Å². The largest absolute Gasteiger partial charge is 0.350 e. The smallest absolute Gasteiger partial charge is 0.311 e. The third kappa shape index (κ3) is 4.29. The number of nitro groups is 1. The van der Waals surface area contributed by atoms with Crippen LogP contribution in [0.2, 0.25) is 0 Å². The van der Waals surface area contributed by atoms with Crippen molar-refractivity contribution in [3.05, 3.63) is 69.9 Å². The molecular formula is C24H24N4O3. The van der Waals surface area contributed by atoms with E-state index in [1.165, 1.54) is 11.6 Å². The van der Waals surface area contributed by atoms with E-state index in [-0.39, 0.29) is 21.9 Å². The van der Waals surface area contributed by atoms with E-state index < -0.39 is 0 Å². The number of β-lactam (4-membered cyclic amide) rings is 1. The fraction of sp³-hybridized carbons (Fsp3) is 0.333. The van der Waals surface area contributed by atoms with Crippen LogP contribution in [0.15, 0.2) is 54.2 Å². The first-order valence-corrected chi connectivity index (χ1v) is 10.3. The zero-order valence-electron chi connectivity index (χ0n) is 17.7. The molecule has 31 heavy (non-hydrogen) atoms. The van der Waals surface area contributed by atoms with Crippen molar-refractivity contribution in [3.63, 3.8) is 0 Å². The Bertz CT molecular complexity index is 1100. The van der Waals surface area contributed by atoms with Crippen molar-refractivity contribution in [2.75, 3.05) is 29.4 Å². The quantitative estimate of drug-likeness (QED) is 0.328. The van der Waals surface area contributed by atoms with Crippen LogP contribution in [0, 0.1) is 27.4 Å². The van der Waals surface area contributed by atoms with Gasteiger partial charge in [0.05, 0.1) is 10.3 Å². The number of hydrogen-bond acceptors (Lipinski definition) is 5. The molecule has 3 heterocycles. The second-order valence-electron chi connectivity index (χ2n) is 8.48. The average molecular weight is 416 g/mol. The van der Waals surface area contributed by atoms with E-state index in [1.807, 2.05) is 49.1 Å². The van der Waals surface area contributed by atoms with Crippen LogP contribution in [-0.2, 0) is 4.79 Å². The van der Waals surface area contributed by atoms with Crippen LogP contribution in [0.4, 0.5) is 17.2 Å². The first-order valence-electron chi connectivity index (χ1n) is 10.3. The normalized spacial score (nSPS) is 17.5. The fourth-order valence-electron chi connectivity index (χ4n) is 3.89. The van der Waals surface area contributed by atoms with Crippen LogP contribution in [0.1, 0.15) is 32.3 Å². The second kappa shape index (κ2) is 8.23.